The first kappa shape index (κ1) is 15.4. The summed E-state index contributed by atoms with van der Waals surface area (Å²) >= 11 is 0. The fraction of sp³-hybridized carbons (Fsp3) is 0.294. The zero-order valence-electron chi connectivity index (χ0n) is 12.0. The minimum Gasteiger partial charge on any atom is -0.494 e. The van der Waals surface area contributed by atoms with E-state index in [4.69, 9.17) is 4.74 Å². The van der Waals surface area contributed by atoms with Crippen LogP contribution < -0.4 is 10.1 Å². The lowest BCUT2D eigenvalue weighted by Gasteiger charge is -2.17. The molecule has 1 unspecified atom stereocenters. The summed E-state index contributed by atoms with van der Waals surface area (Å²) in [5.74, 6) is 0.0201. The van der Waals surface area contributed by atoms with Crippen molar-refractivity contribution in [1.82, 2.24) is 5.32 Å². The Morgan fingerprint density at radius 3 is 2.57 bits per heavy atom. The predicted octanol–water partition coefficient (Wildman–Crippen LogP) is 3.56. The van der Waals surface area contributed by atoms with Crippen molar-refractivity contribution in [2.75, 3.05) is 13.7 Å². The predicted molar refractivity (Wildman–Crippen MR) is 79.5 cm³/mol. The van der Waals surface area contributed by atoms with E-state index in [1.54, 1.807) is 0 Å². The van der Waals surface area contributed by atoms with E-state index in [2.05, 4.69) is 5.32 Å². The van der Waals surface area contributed by atoms with Gasteiger partial charge in [0.25, 0.3) is 0 Å². The number of hydrogen-bond donors (Lipinski definition) is 1. The molecular formula is C17H19F2NO. The first-order valence-corrected chi connectivity index (χ1v) is 6.98. The highest BCUT2D eigenvalue weighted by atomic mass is 19.1. The second-order valence-electron chi connectivity index (χ2n) is 4.88. The monoisotopic (exact) mass is 291 g/mol. The van der Waals surface area contributed by atoms with Crippen LogP contribution in [-0.2, 0) is 6.42 Å². The Labute approximate surface area is 123 Å². The van der Waals surface area contributed by atoms with Gasteiger partial charge in [0.05, 0.1) is 6.61 Å². The molecule has 0 bridgehead atoms. The number of halogens is 2. The average molecular weight is 291 g/mol. The molecular weight excluding hydrogens is 272 g/mol. The molecule has 2 aromatic rings. The van der Waals surface area contributed by atoms with Crippen molar-refractivity contribution >= 4 is 0 Å². The molecule has 112 valence electrons. The number of likely N-dealkylation sites (N-methyl/N-ethyl adjacent to an activating group) is 1. The van der Waals surface area contributed by atoms with E-state index in [-0.39, 0.29) is 11.9 Å². The number of ether oxygens (including phenoxy) is 1. The SMILES string of the molecule is CNC(CCOc1ccccc1)Cc1cc(F)ccc1F. The van der Waals surface area contributed by atoms with Crippen molar-refractivity contribution in [3.8, 4) is 5.75 Å². The maximum absolute atomic E-state index is 13.6. The number of para-hydroxylation sites is 1. The lowest BCUT2D eigenvalue weighted by Crippen LogP contribution is -2.29. The molecule has 21 heavy (non-hydrogen) atoms. The molecule has 0 amide bonds. The summed E-state index contributed by atoms with van der Waals surface area (Å²) in [6, 6.07) is 13.1. The fourth-order valence-electron chi connectivity index (χ4n) is 2.15. The Morgan fingerprint density at radius 2 is 1.86 bits per heavy atom. The minimum absolute atomic E-state index is 0.0324. The second-order valence-corrected chi connectivity index (χ2v) is 4.88. The highest BCUT2D eigenvalue weighted by Gasteiger charge is 2.12. The highest BCUT2D eigenvalue weighted by Crippen LogP contribution is 2.14. The van der Waals surface area contributed by atoms with E-state index in [0.29, 0.717) is 25.0 Å². The maximum atomic E-state index is 13.6. The molecule has 0 saturated carbocycles. The van der Waals surface area contributed by atoms with Crippen LogP contribution in [0.5, 0.6) is 5.75 Å². The summed E-state index contributed by atoms with van der Waals surface area (Å²) in [4.78, 5) is 0. The summed E-state index contributed by atoms with van der Waals surface area (Å²) in [6.07, 6.45) is 1.14. The first-order chi connectivity index (χ1) is 10.2. The van der Waals surface area contributed by atoms with Crippen molar-refractivity contribution in [3.63, 3.8) is 0 Å². The van der Waals surface area contributed by atoms with Crippen molar-refractivity contribution in [2.45, 2.75) is 18.9 Å². The molecule has 0 saturated heterocycles. The van der Waals surface area contributed by atoms with Crippen LogP contribution in [0.1, 0.15) is 12.0 Å². The Kier molecular flexibility index (Phi) is 5.69. The second kappa shape index (κ2) is 7.74. The fourth-order valence-corrected chi connectivity index (χ4v) is 2.15. The van der Waals surface area contributed by atoms with Gasteiger partial charge in [0.1, 0.15) is 17.4 Å². The molecule has 0 radical (unpaired) electrons. The molecule has 2 rings (SSSR count). The Bertz CT molecular complexity index is 560. The van der Waals surface area contributed by atoms with E-state index in [0.717, 1.165) is 17.9 Å². The van der Waals surface area contributed by atoms with E-state index < -0.39 is 5.82 Å². The molecule has 0 spiro atoms. The van der Waals surface area contributed by atoms with Gasteiger partial charge in [0, 0.05) is 6.04 Å². The van der Waals surface area contributed by atoms with Gasteiger partial charge < -0.3 is 10.1 Å². The molecule has 0 aliphatic rings. The quantitative estimate of drug-likeness (QED) is 0.842. The van der Waals surface area contributed by atoms with Gasteiger partial charge >= 0.3 is 0 Å². The third kappa shape index (κ3) is 4.83. The molecule has 1 N–H and O–H groups in total. The van der Waals surface area contributed by atoms with Gasteiger partial charge in [-0.3, -0.25) is 0 Å². The Balaban J connectivity index is 1.87. The molecule has 0 fully saturated rings. The van der Waals surface area contributed by atoms with Crippen molar-refractivity contribution in [1.29, 1.82) is 0 Å². The minimum atomic E-state index is -0.415. The van der Waals surface area contributed by atoms with Gasteiger partial charge in [-0.05, 0) is 55.8 Å². The zero-order valence-corrected chi connectivity index (χ0v) is 12.0. The lowest BCUT2D eigenvalue weighted by atomic mass is 10.0. The molecule has 1 atom stereocenters. The molecule has 0 aliphatic heterocycles. The highest BCUT2D eigenvalue weighted by molar-refractivity contribution is 5.21. The number of rotatable bonds is 7. The van der Waals surface area contributed by atoms with Crippen LogP contribution >= 0.6 is 0 Å². The normalized spacial score (nSPS) is 12.1. The van der Waals surface area contributed by atoms with Crippen LogP contribution in [0.4, 0.5) is 8.78 Å². The largest absolute Gasteiger partial charge is 0.494 e. The van der Waals surface area contributed by atoms with Gasteiger partial charge in [0.15, 0.2) is 0 Å². The van der Waals surface area contributed by atoms with Gasteiger partial charge in [0.2, 0.25) is 0 Å². The molecule has 0 aliphatic carbocycles. The van der Waals surface area contributed by atoms with Crippen LogP contribution in [0.2, 0.25) is 0 Å². The summed E-state index contributed by atoms with van der Waals surface area (Å²) in [7, 11) is 1.81. The van der Waals surface area contributed by atoms with Crippen LogP contribution in [0.25, 0.3) is 0 Å². The summed E-state index contributed by atoms with van der Waals surface area (Å²) < 4.78 is 32.4. The number of hydrogen-bond acceptors (Lipinski definition) is 2. The van der Waals surface area contributed by atoms with Gasteiger partial charge in [-0.1, -0.05) is 18.2 Å². The van der Waals surface area contributed by atoms with Crippen LogP contribution in [0.3, 0.4) is 0 Å². The molecule has 2 aromatic carbocycles. The number of benzene rings is 2. The van der Waals surface area contributed by atoms with Crippen LogP contribution in [0.15, 0.2) is 48.5 Å². The molecule has 0 heterocycles. The average Bonchev–Trinajstić information content (AvgIpc) is 2.51. The van der Waals surface area contributed by atoms with Gasteiger partial charge in [-0.2, -0.15) is 0 Å². The van der Waals surface area contributed by atoms with Crippen molar-refractivity contribution in [3.05, 3.63) is 65.7 Å². The summed E-state index contributed by atoms with van der Waals surface area (Å²) in [5.41, 5.74) is 0.383. The smallest absolute Gasteiger partial charge is 0.126 e. The van der Waals surface area contributed by atoms with E-state index in [1.165, 1.54) is 6.07 Å². The van der Waals surface area contributed by atoms with Gasteiger partial charge in [-0.15, -0.1) is 0 Å². The van der Waals surface area contributed by atoms with Gasteiger partial charge in [-0.25, -0.2) is 8.78 Å². The summed E-state index contributed by atoms with van der Waals surface area (Å²) in [5, 5.41) is 3.11. The number of nitrogens with one attached hydrogen (secondary N) is 1. The topological polar surface area (TPSA) is 21.3 Å². The lowest BCUT2D eigenvalue weighted by molar-refractivity contribution is 0.287. The third-order valence-electron chi connectivity index (χ3n) is 3.36. The standard InChI is InChI=1S/C17H19F2NO/c1-20-15(9-10-21-16-5-3-2-4-6-16)12-13-11-14(18)7-8-17(13)19/h2-8,11,15,20H,9-10,12H2,1H3. The van der Waals surface area contributed by atoms with Crippen LogP contribution in [-0.4, -0.2) is 19.7 Å². The third-order valence-corrected chi connectivity index (χ3v) is 3.36. The van der Waals surface area contributed by atoms with E-state index in [9.17, 15) is 8.78 Å². The van der Waals surface area contributed by atoms with Crippen LogP contribution in [0, 0.1) is 11.6 Å². The Hall–Kier alpha value is -1.94. The zero-order chi connectivity index (χ0) is 15.1. The van der Waals surface area contributed by atoms with E-state index in [1.807, 2.05) is 37.4 Å². The molecule has 4 heteroatoms. The molecule has 0 aromatic heterocycles. The molecule has 2 nitrogen and oxygen atoms in total. The Morgan fingerprint density at radius 1 is 1.10 bits per heavy atom. The van der Waals surface area contributed by atoms with Crippen molar-refractivity contribution in [2.24, 2.45) is 0 Å². The van der Waals surface area contributed by atoms with E-state index >= 15 is 0 Å². The first-order valence-electron chi connectivity index (χ1n) is 6.98. The van der Waals surface area contributed by atoms with Crippen molar-refractivity contribution < 1.29 is 13.5 Å². The maximum Gasteiger partial charge on any atom is 0.126 e. The summed E-state index contributed by atoms with van der Waals surface area (Å²) in [6.45, 7) is 0.520.